The highest BCUT2D eigenvalue weighted by Crippen LogP contribution is 2.30. The lowest BCUT2D eigenvalue weighted by atomic mass is 9.94. The molecule has 1 aliphatic heterocycles. The minimum Gasteiger partial charge on any atom is -0.383 e. The number of carbonyl (C=O) groups excluding carboxylic acids is 1. The van der Waals surface area contributed by atoms with Gasteiger partial charge in [0.15, 0.2) is 0 Å². The molecule has 1 atom stereocenters. The van der Waals surface area contributed by atoms with Crippen molar-refractivity contribution in [3.05, 3.63) is 23.4 Å². The fourth-order valence-corrected chi connectivity index (χ4v) is 4.45. The highest BCUT2D eigenvalue weighted by atomic mass is 32.2. The summed E-state index contributed by atoms with van der Waals surface area (Å²) >= 11 is 0. The smallest absolute Gasteiger partial charge is 0.252 e. The number of carbonyl (C=O) groups is 1. The fourth-order valence-electron chi connectivity index (χ4n) is 2.80. The van der Waals surface area contributed by atoms with E-state index in [4.69, 9.17) is 11.5 Å². The molecule has 0 aliphatic carbocycles. The number of rotatable bonds is 5. The Morgan fingerprint density at radius 3 is 2.48 bits per heavy atom. The Kier molecular flexibility index (Phi) is 5.26. The average molecular weight is 340 g/mol. The van der Waals surface area contributed by atoms with Crippen LogP contribution in [0.2, 0.25) is 0 Å². The number of anilines is 1. The van der Waals surface area contributed by atoms with Crippen molar-refractivity contribution in [2.45, 2.75) is 44.3 Å². The van der Waals surface area contributed by atoms with Gasteiger partial charge in [0, 0.05) is 24.7 Å². The SMILES string of the molecule is CCC(C)S(=O)(=O)N1CCC(c2ccc(C(N)=O)c(N)n2)CC1. The predicted molar refractivity (Wildman–Crippen MR) is 89.4 cm³/mol. The molecule has 1 unspecified atom stereocenters. The number of amides is 1. The van der Waals surface area contributed by atoms with E-state index in [1.54, 1.807) is 23.4 Å². The summed E-state index contributed by atoms with van der Waals surface area (Å²) in [7, 11) is -3.22. The van der Waals surface area contributed by atoms with E-state index in [2.05, 4.69) is 4.98 Å². The normalized spacial score (nSPS) is 18.7. The van der Waals surface area contributed by atoms with E-state index in [1.807, 2.05) is 6.92 Å². The maximum atomic E-state index is 12.4. The molecule has 1 fully saturated rings. The molecule has 1 aromatic rings. The molecule has 0 bridgehead atoms. The van der Waals surface area contributed by atoms with Crippen LogP contribution in [0.4, 0.5) is 5.82 Å². The number of aromatic nitrogens is 1. The van der Waals surface area contributed by atoms with E-state index in [1.165, 1.54) is 0 Å². The molecule has 2 heterocycles. The van der Waals surface area contributed by atoms with Crippen molar-refractivity contribution in [2.75, 3.05) is 18.8 Å². The minimum absolute atomic E-state index is 0.129. The highest BCUT2D eigenvalue weighted by molar-refractivity contribution is 7.89. The van der Waals surface area contributed by atoms with Gasteiger partial charge < -0.3 is 11.5 Å². The molecule has 0 radical (unpaired) electrons. The number of nitrogen functional groups attached to an aromatic ring is 1. The summed E-state index contributed by atoms with van der Waals surface area (Å²) < 4.78 is 26.3. The van der Waals surface area contributed by atoms with Crippen LogP contribution >= 0.6 is 0 Å². The lowest BCUT2D eigenvalue weighted by Gasteiger charge is -2.32. The molecule has 0 spiro atoms. The number of pyridine rings is 1. The zero-order valence-corrected chi connectivity index (χ0v) is 14.3. The molecule has 2 rings (SSSR count). The number of piperidine rings is 1. The molecule has 23 heavy (non-hydrogen) atoms. The van der Waals surface area contributed by atoms with Crippen LogP contribution in [0.25, 0.3) is 0 Å². The summed E-state index contributed by atoms with van der Waals surface area (Å²) in [6.45, 7) is 4.58. The number of primary amides is 1. The second-order valence-corrected chi connectivity index (χ2v) is 8.32. The molecular formula is C15H24N4O3S. The summed E-state index contributed by atoms with van der Waals surface area (Å²) in [6.07, 6.45) is 1.99. The van der Waals surface area contributed by atoms with Crippen LogP contribution in [-0.2, 0) is 10.0 Å². The van der Waals surface area contributed by atoms with Gasteiger partial charge >= 0.3 is 0 Å². The number of sulfonamides is 1. The average Bonchev–Trinajstić information content (AvgIpc) is 2.53. The molecule has 1 amide bonds. The van der Waals surface area contributed by atoms with Crippen molar-refractivity contribution in [3.63, 3.8) is 0 Å². The quantitative estimate of drug-likeness (QED) is 0.831. The minimum atomic E-state index is -3.22. The number of hydrogen-bond donors (Lipinski definition) is 2. The van der Waals surface area contributed by atoms with Crippen molar-refractivity contribution in [1.29, 1.82) is 0 Å². The van der Waals surface area contributed by atoms with Gasteiger partial charge in [0.25, 0.3) is 5.91 Å². The molecule has 0 aromatic carbocycles. The van der Waals surface area contributed by atoms with Crippen molar-refractivity contribution < 1.29 is 13.2 Å². The van der Waals surface area contributed by atoms with Gasteiger partial charge in [-0.25, -0.2) is 17.7 Å². The van der Waals surface area contributed by atoms with E-state index in [0.29, 0.717) is 32.4 Å². The molecule has 1 aliphatic rings. The molecular weight excluding hydrogens is 316 g/mol. The summed E-state index contributed by atoms with van der Waals surface area (Å²) in [6, 6.07) is 3.34. The molecule has 4 N–H and O–H groups in total. The van der Waals surface area contributed by atoms with Gasteiger partial charge in [-0.2, -0.15) is 0 Å². The topological polar surface area (TPSA) is 119 Å². The Balaban J connectivity index is 2.08. The van der Waals surface area contributed by atoms with Crippen LogP contribution in [0, 0.1) is 0 Å². The molecule has 128 valence electrons. The van der Waals surface area contributed by atoms with Gasteiger partial charge in [-0.05, 0) is 38.3 Å². The molecule has 1 aromatic heterocycles. The first-order valence-corrected chi connectivity index (χ1v) is 9.32. The van der Waals surface area contributed by atoms with Crippen molar-refractivity contribution in [3.8, 4) is 0 Å². The molecule has 0 saturated carbocycles. The summed E-state index contributed by atoms with van der Waals surface area (Å²) in [5.41, 5.74) is 12.0. The number of nitrogens with zero attached hydrogens (tertiary/aromatic N) is 2. The predicted octanol–water partition coefficient (Wildman–Crippen LogP) is 1.07. The monoisotopic (exact) mass is 340 g/mol. The lowest BCUT2D eigenvalue weighted by Crippen LogP contribution is -2.42. The Labute approximate surface area is 137 Å². The van der Waals surface area contributed by atoms with Crippen molar-refractivity contribution in [2.24, 2.45) is 5.73 Å². The summed E-state index contributed by atoms with van der Waals surface area (Å²) in [4.78, 5) is 15.4. The van der Waals surface area contributed by atoms with E-state index >= 15 is 0 Å². The van der Waals surface area contributed by atoms with E-state index in [-0.39, 0.29) is 22.5 Å². The van der Waals surface area contributed by atoms with Gasteiger partial charge in [0.1, 0.15) is 5.82 Å². The number of hydrogen-bond acceptors (Lipinski definition) is 5. The second kappa shape index (κ2) is 6.84. The van der Waals surface area contributed by atoms with E-state index < -0.39 is 15.9 Å². The fraction of sp³-hybridized carbons (Fsp3) is 0.600. The van der Waals surface area contributed by atoms with Crippen molar-refractivity contribution in [1.82, 2.24) is 9.29 Å². The van der Waals surface area contributed by atoms with Crippen LogP contribution < -0.4 is 11.5 Å². The first kappa shape index (κ1) is 17.7. The van der Waals surface area contributed by atoms with E-state index in [0.717, 1.165) is 5.69 Å². The van der Waals surface area contributed by atoms with Gasteiger partial charge in [-0.1, -0.05) is 6.92 Å². The third-order valence-corrected chi connectivity index (χ3v) is 6.96. The summed E-state index contributed by atoms with van der Waals surface area (Å²) in [5, 5.41) is -0.359. The molecule has 7 nitrogen and oxygen atoms in total. The second-order valence-electron chi connectivity index (χ2n) is 5.97. The van der Waals surface area contributed by atoms with Gasteiger partial charge in [-0.15, -0.1) is 0 Å². The van der Waals surface area contributed by atoms with E-state index in [9.17, 15) is 13.2 Å². The number of nitrogens with two attached hydrogens (primary N) is 2. The van der Waals surface area contributed by atoms with Crippen LogP contribution in [0.3, 0.4) is 0 Å². The standard InChI is InChI=1S/C15H24N4O3S/c1-3-10(2)23(21,22)19-8-6-11(7-9-19)13-5-4-12(15(17)20)14(16)18-13/h4-5,10-11H,3,6-9H2,1-2H3,(H2,16,18)(H2,17,20). The summed E-state index contributed by atoms with van der Waals surface area (Å²) in [5.74, 6) is -0.330. The van der Waals surface area contributed by atoms with Crippen LogP contribution in [0.5, 0.6) is 0 Å². The Morgan fingerprint density at radius 2 is 2.00 bits per heavy atom. The maximum Gasteiger partial charge on any atom is 0.252 e. The Bertz CT molecular complexity index is 682. The largest absolute Gasteiger partial charge is 0.383 e. The Hall–Kier alpha value is -1.67. The van der Waals surface area contributed by atoms with Gasteiger partial charge in [-0.3, -0.25) is 4.79 Å². The maximum absolute atomic E-state index is 12.4. The third kappa shape index (κ3) is 3.64. The van der Waals surface area contributed by atoms with Crippen molar-refractivity contribution >= 4 is 21.7 Å². The third-order valence-electron chi connectivity index (χ3n) is 4.53. The molecule has 8 heteroatoms. The Morgan fingerprint density at radius 1 is 1.39 bits per heavy atom. The van der Waals surface area contributed by atoms with Crippen LogP contribution in [0.1, 0.15) is 55.1 Å². The van der Waals surface area contributed by atoms with Crippen LogP contribution in [0.15, 0.2) is 12.1 Å². The first-order chi connectivity index (χ1) is 10.8. The van der Waals surface area contributed by atoms with Gasteiger partial charge in [0.2, 0.25) is 10.0 Å². The van der Waals surface area contributed by atoms with Crippen LogP contribution in [-0.4, -0.2) is 42.0 Å². The zero-order valence-electron chi connectivity index (χ0n) is 13.5. The highest BCUT2D eigenvalue weighted by Gasteiger charge is 2.32. The lowest BCUT2D eigenvalue weighted by molar-refractivity contribution is 0.100. The molecule has 1 saturated heterocycles. The zero-order chi connectivity index (χ0) is 17.2. The first-order valence-electron chi connectivity index (χ1n) is 7.82. The van der Waals surface area contributed by atoms with Gasteiger partial charge in [0.05, 0.1) is 10.8 Å².